The van der Waals surface area contributed by atoms with E-state index in [1.54, 1.807) is 11.3 Å². The Balaban J connectivity index is 1.34. The van der Waals surface area contributed by atoms with Crippen LogP contribution in [0, 0.1) is 0 Å². The lowest BCUT2D eigenvalue weighted by Crippen LogP contribution is -2.36. The Morgan fingerprint density at radius 2 is 2.00 bits per heavy atom. The van der Waals surface area contributed by atoms with Crippen molar-refractivity contribution in [2.45, 2.75) is 25.2 Å². The van der Waals surface area contributed by atoms with Gasteiger partial charge in [0.15, 0.2) is 0 Å². The number of likely N-dealkylation sites (tertiary alicyclic amines) is 1. The van der Waals surface area contributed by atoms with Gasteiger partial charge >= 0.3 is 0 Å². The van der Waals surface area contributed by atoms with Gasteiger partial charge in [0.2, 0.25) is 0 Å². The third kappa shape index (κ3) is 6.00. The van der Waals surface area contributed by atoms with Crippen LogP contribution < -0.4 is 10.2 Å². The molecule has 8 heteroatoms. The van der Waals surface area contributed by atoms with Crippen molar-refractivity contribution >= 4 is 40.4 Å². The highest BCUT2D eigenvalue weighted by Gasteiger charge is 2.24. The van der Waals surface area contributed by atoms with Crippen LogP contribution in [0.2, 0.25) is 0 Å². The fourth-order valence-corrected chi connectivity index (χ4v) is 5.65. The Kier molecular flexibility index (Phi) is 8.24. The van der Waals surface area contributed by atoms with Gasteiger partial charge in [0.25, 0.3) is 5.91 Å². The zero-order chi connectivity index (χ0) is 21.5. The van der Waals surface area contributed by atoms with Crippen LogP contribution >= 0.6 is 23.1 Å². The van der Waals surface area contributed by atoms with Crippen molar-refractivity contribution in [2.24, 2.45) is 0 Å². The summed E-state index contributed by atoms with van der Waals surface area (Å²) in [7, 11) is 0. The van der Waals surface area contributed by atoms with Gasteiger partial charge in [-0.2, -0.15) is 11.8 Å². The molecule has 0 unspecified atom stereocenters. The molecule has 0 aliphatic carbocycles. The van der Waals surface area contributed by atoms with Crippen LogP contribution in [-0.4, -0.2) is 73.7 Å². The van der Waals surface area contributed by atoms with Gasteiger partial charge in [-0.05, 0) is 63.0 Å². The highest BCUT2D eigenvalue weighted by molar-refractivity contribution is 7.98. The van der Waals surface area contributed by atoms with Crippen LogP contribution in [0.3, 0.4) is 0 Å². The summed E-state index contributed by atoms with van der Waals surface area (Å²) in [6, 6.07) is 7.98. The minimum Gasteiger partial charge on any atom is -0.378 e. The third-order valence-corrected chi connectivity index (χ3v) is 7.72. The minimum absolute atomic E-state index is 0.127. The average Bonchev–Trinajstić information content (AvgIpc) is 3.31. The molecule has 6 nitrogen and oxygen atoms in total. The summed E-state index contributed by atoms with van der Waals surface area (Å²) < 4.78 is 5.46. The molecule has 2 aromatic rings. The number of aromatic nitrogens is 1. The molecule has 0 saturated carbocycles. The topological polar surface area (TPSA) is 57.7 Å². The van der Waals surface area contributed by atoms with Gasteiger partial charge < -0.3 is 19.9 Å². The van der Waals surface area contributed by atoms with E-state index in [0.717, 1.165) is 55.4 Å². The number of nitrogens with one attached hydrogen (secondary N) is 1. The van der Waals surface area contributed by atoms with Crippen LogP contribution in [0.4, 0.5) is 11.4 Å². The number of ether oxygens (including phenoxy) is 1. The van der Waals surface area contributed by atoms with Crippen LogP contribution in [0.25, 0.3) is 0 Å². The molecule has 1 aromatic carbocycles. The highest BCUT2D eigenvalue weighted by Crippen LogP contribution is 2.31. The first-order valence-electron chi connectivity index (χ1n) is 11.1. The molecule has 0 spiro atoms. The smallest absolute Gasteiger partial charge is 0.275 e. The number of carbonyl (C=O) groups excluding carboxylic acids is 1. The molecule has 2 fully saturated rings. The standard InChI is InChI=1S/C23H32N4O2S2/c1-30-16-4-9-26-10-7-18(8-11-26)23-25-20(17-31-23)22(28)24-19-5-2-3-6-21(19)27-12-14-29-15-13-27/h2-3,5-6,17-18H,4,7-16H2,1H3,(H,24,28). The molecule has 31 heavy (non-hydrogen) atoms. The van der Waals surface area contributed by atoms with Gasteiger partial charge in [-0.25, -0.2) is 4.98 Å². The summed E-state index contributed by atoms with van der Waals surface area (Å²) in [4.78, 5) is 22.5. The van der Waals surface area contributed by atoms with Gasteiger partial charge in [-0.1, -0.05) is 12.1 Å². The summed E-state index contributed by atoms with van der Waals surface area (Å²) in [6.45, 7) is 6.57. The lowest BCUT2D eigenvalue weighted by atomic mass is 9.97. The molecule has 2 aliphatic rings. The molecule has 1 aromatic heterocycles. The number of hydrogen-bond acceptors (Lipinski definition) is 7. The van der Waals surface area contributed by atoms with E-state index in [2.05, 4.69) is 27.4 Å². The fourth-order valence-electron chi connectivity index (χ4n) is 4.26. The number of anilines is 2. The van der Waals surface area contributed by atoms with Gasteiger partial charge in [0, 0.05) is 24.4 Å². The van der Waals surface area contributed by atoms with E-state index in [0.29, 0.717) is 24.8 Å². The molecule has 1 amide bonds. The van der Waals surface area contributed by atoms with Crippen LogP contribution in [-0.2, 0) is 4.74 Å². The molecule has 1 N–H and O–H groups in total. The van der Waals surface area contributed by atoms with E-state index in [1.807, 2.05) is 35.3 Å². The lowest BCUT2D eigenvalue weighted by Gasteiger charge is -2.31. The summed E-state index contributed by atoms with van der Waals surface area (Å²) >= 11 is 3.55. The van der Waals surface area contributed by atoms with Gasteiger partial charge in [-0.15, -0.1) is 11.3 Å². The number of piperidine rings is 1. The molecule has 0 radical (unpaired) electrons. The Bertz CT molecular complexity index is 846. The fraction of sp³-hybridized carbons (Fsp3) is 0.565. The predicted molar refractivity (Wildman–Crippen MR) is 131 cm³/mol. The predicted octanol–water partition coefficient (Wildman–Crippen LogP) is 4.16. The zero-order valence-corrected chi connectivity index (χ0v) is 19.8. The molecule has 0 bridgehead atoms. The van der Waals surface area contributed by atoms with E-state index < -0.39 is 0 Å². The molecule has 168 valence electrons. The molecular formula is C23H32N4O2S2. The largest absolute Gasteiger partial charge is 0.378 e. The SMILES string of the molecule is CSCCCN1CCC(c2nc(C(=O)Nc3ccccc3N3CCOCC3)cs2)CC1. The zero-order valence-electron chi connectivity index (χ0n) is 18.2. The minimum atomic E-state index is -0.127. The highest BCUT2D eigenvalue weighted by atomic mass is 32.2. The molecular weight excluding hydrogens is 428 g/mol. The Morgan fingerprint density at radius 3 is 2.77 bits per heavy atom. The van der Waals surface area contributed by atoms with E-state index in [-0.39, 0.29) is 5.91 Å². The van der Waals surface area contributed by atoms with E-state index >= 15 is 0 Å². The first-order valence-corrected chi connectivity index (χ1v) is 13.4. The molecule has 2 aliphatic heterocycles. The molecule has 2 saturated heterocycles. The second-order valence-electron chi connectivity index (χ2n) is 8.10. The first-order chi connectivity index (χ1) is 15.2. The maximum atomic E-state index is 12.9. The van der Waals surface area contributed by atoms with Crippen molar-refractivity contribution in [1.29, 1.82) is 0 Å². The first kappa shape index (κ1) is 22.6. The number of amides is 1. The maximum absolute atomic E-state index is 12.9. The van der Waals surface area contributed by atoms with E-state index in [4.69, 9.17) is 9.72 Å². The number of morpholine rings is 1. The lowest BCUT2D eigenvalue weighted by molar-refractivity contribution is 0.102. The van der Waals surface area contributed by atoms with Gasteiger partial charge in [-0.3, -0.25) is 4.79 Å². The normalized spacial score (nSPS) is 18.3. The van der Waals surface area contributed by atoms with Crippen molar-refractivity contribution in [3.8, 4) is 0 Å². The summed E-state index contributed by atoms with van der Waals surface area (Å²) in [6.07, 6.45) is 5.70. The van der Waals surface area contributed by atoms with Crippen molar-refractivity contribution in [1.82, 2.24) is 9.88 Å². The number of rotatable bonds is 8. The summed E-state index contributed by atoms with van der Waals surface area (Å²) in [5, 5.41) is 6.11. The number of thioether (sulfide) groups is 1. The van der Waals surface area contributed by atoms with Crippen LogP contribution in [0.5, 0.6) is 0 Å². The third-order valence-electron chi connectivity index (χ3n) is 6.02. The van der Waals surface area contributed by atoms with Crippen molar-refractivity contribution in [3.63, 3.8) is 0 Å². The van der Waals surface area contributed by atoms with Crippen LogP contribution in [0.15, 0.2) is 29.6 Å². The Labute approximate surface area is 193 Å². The quantitative estimate of drug-likeness (QED) is 0.597. The van der Waals surface area contributed by atoms with E-state index in [1.165, 1.54) is 18.7 Å². The second-order valence-corrected chi connectivity index (χ2v) is 9.98. The maximum Gasteiger partial charge on any atom is 0.275 e. The second kappa shape index (κ2) is 11.3. The Hall–Kier alpha value is -1.61. The molecule has 4 rings (SSSR count). The number of benzene rings is 1. The summed E-state index contributed by atoms with van der Waals surface area (Å²) in [5.41, 5.74) is 2.41. The Morgan fingerprint density at radius 1 is 1.23 bits per heavy atom. The van der Waals surface area contributed by atoms with Crippen molar-refractivity contribution in [2.75, 3.05) is 68.2 Å². The summed E-state index contributed by atoms with van der Waals surface area (Å²) in [5.74, 6) is 1.58. The number of nitrogens with zero attached hydrogens (tertiary/aromatic N) is 3. The molecule has 3 heterocycles. The molecule has 0 atom stereocenters. The van der Waals surface area contributed by atoms with Gasteiger partial charge in [0.05, 0.1) is 29.6 Å². The van der Waals surface area contributed by atoms with Crippen LogP contribution in [0.1, 0.15) is 40.7 Å². The number of hydrogen-bond donors (Lipinski definition) is 1. The number of para-hydroxylation sites is 2. The number of thiazole rings is 1. The average molecular weight is 461 g/mol. The van der Waals surface area contributed by atoms with Gasteiger partial charge in [0.1, 0.15) is 5.69 Å². The van der Waals surface area contributed by atoms with Crippen molar-refractivity contribution in [3.05, 3.63) is 40.3 Å². The monoisotopic (exact) mass is 460 g/mol. The van der Waals surface area contributed by atoms with Crippen molar-refractivity contribution < 1.29 is 9.53 Å². The van der Waals surface area contributed by atoms with E-state index in [9.17, 15) is 4.79 Å². The number of carbonyl (C=O) groups is 1.